The van der Waals surface area contributed by atoms with Crippen LogP contribution in [0.4, 0.5) is 0 Å². The van der Waals surface area contributed by atoms with Crippen molar-refractivity contribution in [2.45, 2.75) is 25.8 Å². The van der Waals surface area contributed by atoms with Gasteiger partial charge in [-0.25, -0.2) is 9.78 Å². The van der Waals surface area contributed by atoms with E-state index < -0.39 is 11.5 Å². The Kier molecular flexibility index (Phi) is 3.63. The number of carbonyl (C=O) groups is 2. The Morgan fingerprint density at radius 3 is 2.61 bits per heavy atom. The molecule has 5 nitrogen and oxygen atoms in total. The molecule has 0 aliphatic carbocycles. The number of amides is 1. The van der Waals surface area contributed by atoms with Gasteiger partial charge in [0.2, 0.25) is 0 Å². The summed E-state index contributed by atoms with van der Waals surface area (Å²) >= 11 is 2.84. The SMILES string of the molecule is Cc1nc(C)c(C(=O)N[C@@]2(C(=O)O)CCSC2)s1. The van der Waals surface area contributed by atoms with Crippen LogP contribution in [0.2, 0.25) is 0 Å². The molecule has 1 aliphatic heterocycles. The third-order valence-electron chi connectivity index (χ3n) is 2.89. The maximum Gasteiger partial charge on any atom is 0.330 e. The number of nitrogens with one attached hydrogen (secondary N) is 1. The van der Waals surface area contributed by atoms with E-state index in [4.69, 9.17) is 0 Å². The van der Waals surface area contributed by atoms with Gasteiger partial charge in [-0.15, -0.1) is 11.3 Å². The number of aliphatic carboxylic acids is 1. The molecular weight excluding hydrogens is 272 g/mol. The molecule has 2 rings (SSSR count). The van der Waals surface area contributed by atoms with E-state index in [1.54, 1.807) is 18.7 Å². The van der Waals surface area contributed by atoms with E-state index in [1.807, 2.05) is 6.92 Å². The molecule has 0 spiro atoms. The number of aryl methyl sites for hydroxylation is 2. The maximum absolute atomic E-state index is 12.1. The number of thioether (sulfide) groups is 1. The van der Waals surface area contributed by atoms with Crippen molar-refractivity contribution in [1.29, 1.82) is 0 Å². The largest absolute Gasteiger partial charge is 0.479 e. The Bertz CT molecular complexity index is 492. The average molecular weight is 286 g/mol. The quantitative estimate of drug-likeness (QED) is 0.879. The molecule has 98 valence electrons. The van der Waals surface area contributed by atoms with Crippen LogP contribution in [0.25, 0.3) is 0 Å². The molecule has 1 aliphatic rings. The second-order valence-corrected chi connectivity index (χ2v) is 6.60. The number of thiazole rings is 1. The van der Waals surface area contributed by atoms with Gasteiger partial charge in [-0.1, -0.05) is 0 Å². The predicted molar refractivity (Wildman–Crippen MR) is 71.4 cm³/mol. The van der Waals surface area contributed by atoms with Crippen LogP contribution in [0, 0.1) is 13.8 Å². The number of hydrogen-bond donors (Lipinski definition) is 2. The van der Waals surface area contributed by atoms with Crippen LogP contribution in [-0.4, -0.2) is 39.0 Å². The van der Waals surface area contributed by atoms with Crippen LogP contribution in [0.15, 0.2) is 0 Å². The zero-order valence-corrected chi connectivity index (χ0v) is 11.8. The van der Waals surface area contributed by atoms with Gasteiger partial charge in [0.1, 0.15) is 10.4 Å². The summed E-state index contributed by atoms with van der Waals surface area (Å²) in [7, 11) is 0. The van der Waals surface area contributed by atoms with Gasteiger partial charge < -0.3 is 10.4 Å². The lowest BCUT2D eigenvalue weighted by molar-refractivity contribution is -0.143. The molecule has 1 aromatic heterocycles. The van der Waals surface area contributed by atoms with Crippen molar-refractivity contribution < 1.29 is 14.7 Å². The molecule has 1 saturated heterocycles. The van der Waals surface area contributed by atoms with E-state index in [0.717, 1.165) is 10.8 Å². The summed E-state index contributed by atoms with van der Waals surface area (Å²) in [6.07, 6.45) is 0.468. The Balaban J connectivity index is 2.20. The highest BCUT2D eigenvalue weighted by molar-refractivity contribution is 7.99. The molecule has 1 atom stereocenters. The van der Waals surface area contributed by atoms with Crippen molar-refractivity contribution in [2.24, 2.45) is 0 Å². The summed E-state index contributed by atoms with van der Waals surface area (Å²) in [5.74, 6) is -0.110. The molecule has 0 saturated carbocycles. The minimum atomic E-state index is -1.12. The normalized spacial score (nSPS) is 23.0. The van der Waals surface area contributed by atoms with Gasteiger partial charge in [-0.3, -0.25) is 4.79 Å². The first-order valence-electron chi connectivity index (χ1n) is 5.52. The molecular formula is C11H14N2O3S2. The molecule has 0 radical (unpaired) electrons. The van der Waals surface area contributed by atoms with Crippen molar-refractivity contribution in [3.63, 3.8) is 0 Å². The lowest BCUT2D eigenvalue weighted by atomic mass is 9.99. The molecule has 1 aromatic rings. The Morgan fingerprint density at radius 2 is 2.17 bits per heavy atom. The number of aromatic nitrogens is 1. The first kappa shape index (κ1) is 13.4. The van der Waals surface area contributed by atoms with Gasteiger partial charge in [0.15, 0.2) is 0 Å². The molecule has 0 aromatic carbocycles. The zero-order chi connectivity index (χ0) is 13.3. The molecule has 18 heavy (non-hydrogen) atoms. The van der Waals surface area contributed by atoms with Gasteiger partial charge in [0, 0.05) is 5.75 Å². The van der Waals surface area contributed by atoms with E-state index in [2.05, 4.69) is 10.3 Å². The number of carboxylic acids is 1. The third-order valence-corrected chi connectivity index (χ3v) is 5.15. The van der Waals surface area contributed by atoms with Crippen LogP contribution >= 0.6 is 23.1 Å². The minimum absolute atomic E-state index is 0.331. The van der Waals surface area contributed by atoms with Gasteiger partial charge in [-0.2, -0.15) is 11.8 Å². The fourth-order valence-corrected chi connectivity index (χ4v) is 4.04. The lowest BCUT2D eigenvalue weighted by Crippen LogP contribution is -2.54. The van der Waals surface area contributed by atoms with Crippen molar-refractivity contribution in [3.8, 4) is 0 Å². The Morgan fingerprint density at radius 1 is 1.44 bits per heavy atom. The highest BCUT2D eigenvalue weighted by Crippen LogP contribution is 2.29. The topological polar surface area (TPSA) is 79.3 Å². The summed E-state index contributed by atoms with van der Waals surface area (Å²) in [6, 6.07) is 0. The fourth-order valence-electron chi connectivity index (χ4n) is 1.90. The van der Waals surface area contributed by atoms with E-state index in [-0.39, 0.29) is 5.91 Å². The summed E-state index contributed by atoms with van der Waals surface area (Å²) < 4.78 is 0. The van der Waals surface area contributed by atoms with Crippen molar-refractivity contribution in [1.82, 2.24) is 10.3 Å². The smallest absolute Gasteiger partial charge is 0.330 e. The molecule has 2 heterocycles. The van der Waals surface area contributed by atoms with E-state index >= 15 is 0 Å². The van der Waals surface area contributed by atoms with Crippen molar-refractivity contribution in [2.75, 3.05) is 11.5 Å². The molecule has 0 bridgehead atoms. The molecule has 0 unspecified atom stereocenters. The molecule has 7 heteroatoms. The average Bonchev–Trinajstić information content (AvgIpc) is 2.86. The fraction of sp³-hybridized carbons (Fsp3) is 0.545. The van der Waals surface area contributed by atoms with Gasteiger partial charge in [0.05, 0.1) is 10.7 Å². The van der Waals surface area contributed by atoms with Crippen molar-refractivity contribution >= 4 is 35.0 Å². The summed E-state index contributed by atoms with van der Waals surface area (Å²) in [5, 5.41) is 12.8. The minimum Gasteiger partial charge on any atom is -0.479 e. The number of carboxylic acid groups (broad SMARTS) is 1. The van der Waals surface area contributed by atoms with Crippen LogP contribution in [0.3, 0.4) is 0 Å². The lowest BCUT2D eigenvalue weighted by Gasteiger charge is -2.24. The molecule has 2 N–H and O–H groups in total. The second-order valence-electron chi connectivity index (χ2n) is 4.29. The monoisotopic (exact) mass is 286 g/mol. The Labute approximate surface area is 113 Å². The highest BCUT2D eigenvalue weighted by Gasteiger charge is 2.43. The van der Waals surface area contributed by atoms with Gasteiger partial charge >= 0.3 is 5.97 Å². The van der Waals surface area contributed by atoms with Gasteiger partial charge in [-0.05, 0) is 26.0 Å². The standard InChI is InChI=1S/C11H14N2O3S2/c1-6-8(18-7(2)12-6)9(14)13-11(10(15)16)3-4-17-5-11/h3-5H2,1-2H3,(H,13,14)(H,15,16)/t11-/m0/s1. The van der Waals surface area contributed by atoms with E-state index in [9.17, 15) is 14.7 Å². The summed E-state index contributed by atoms with van der Waals surface area (Å²) in [6.45, 7) is 3.59. The summed E-state index contributed by atoms with van der Waals surface area (Å²) in [5.41, 5.74) is -0.465. The second kappa shape index (κ2) is 4.89. The number of hydrogen-bond acceptors (Lipinski definition) is 5. The predicted octanol–water partition coefficient (Wildman–Crippen LogP) is 1.45. The van der Waals surface area contributed by atoms with Crippen LogP contribution < -0.4 is 5.32 Å². The Hall–Kier alpha value is -1.08. The first-order valence-corrected chi connectivity index (χ1v) is 7.49. The van der Waals surface area contributed by atoms with E-state index in [1.165, 1.54) is 11.3 Å². The van der Waals surface area contributed by atoms with Gasteiger partial charge in [0.25, 0.3) is 5.91 Å². The molecule has 1 amide bonds. The third kappa shape index (κ3) is 2.37. The first-order chi connectivity index (χ1) is 8.44. The van der Waals surface area contributed by atoms with Crippen molar-refractivity contribution in [3.05, 3.63) is 15.6 Å². The number of carbonyl (C=O) groups excluding carboxylic acids is 1. The number of rotatable bonds is 3. The van der Waals surface area contributed by atoms with Crippen LogP contribution in [0.5, 0.6) is 0 Å². The zero-order valence-electron chi connectivity index (χ0n) is 10.1. The number of nitrogens with zero attached hydrogens (tertiary/aromatic N) is 1. The maximum atomic E-state index is 12.1. The highest BCUT2D eigenvalue weighted by atomic mass is 32.2. The van der Waals surface area contributed by atoms with Crippen LogP contribution in [-0.2, 0) is 4.79 Å². The van der Waals surface area contributed by atoms with Crippen LogP contribution in [0.1, 0.15) is 26.8 Å². The van der Waals surface area contributed by atoms with E-state index in [0.29, 0.717) is 22.7 Å². The summed E-state index contributed by atoms with van der Waals surface area (Å²) in [4.78, 5) is 28.2. The molecule has 1 fully saturated rings.